The molecule has 97 heavy (non-hydrogen) atoms. The number of sulfonamides is 1. The third kappa shape index (κ3) is 24.8. The molecule has 1 fully saturated rings. The zero-order valence-electron chi connectivity index (χ0n) is 52.0. The number of carbonyl (C=O) groups excluding carboxylic acids is 4. The van der Waals surface area contributed by atoms with Crippen LogP contribution in [0.2, 0.25) is 5.02 Å². The van der Waals surface area contributed by atoms with Crippen LogP contribution in [-0.4, -0.2) is 140 Å². The summed E-state index contributed by atoms with van der Waals surface area (Å²) >= 11 is 22.8. The summed E-state index contributed by atoms with van der Waals surface area (Å²) in [6.45, 7) is 8.46. The van der Waals surface area contributed by atoms with Gasteiger partial charge in [-0.3, -0.25) is 44.0 Å². The molecule has 0 radical (unpaired) electrons. The number of aryl methyl sites for hydroxylation is 2. The van der Waals surface area contributed by atoms with Crippen LogP contribution in [0.3, 0.4) is 0 Å². The Kier molecular flexibility index (Phi) is 29.9. The molecule has 6 aromatic rings. The van der Waals surface area contributed by atoms with Crippen LogP contribution in [0.15, 0.2) is 113 Å². The molecule has 0 bridgehead atoms. The Morgan fingerprint density at radius 1 is 0.897 bits per heavy atom. The average molecular weight is 1510 g/mol. The number of hydrogen-bond donors (Lipinski definition) is 5. The normalized spacial score (nSPS) is 14.0. The lowest BCUT2D eigenvalue weighted by atomic mass is 10.0. The summed E-state index contributed by atoms with van der Waals surface area (Å²) in [6.07, 6.45) is -4.80. The maximum Gasteiger partial charge on any atom is 0.416 e. The Morgan fingerprint density at radius 2 is 1.52 bits per heavy atom. The molecule has 2 atom stereocenters. The minimum Gasteiger partial charge on any atom is -0.489 e. The molecule has 5 N–H and O–H groups in total. The van der Waals surface area contributed by atoms with Crippen molar-refractivity contribution in [2.24, 2.45) is 0 Å². The standard InChI is InChI=1S/C15H10ClF3N2O6S.C15H22ClNO2.C15H12F3NO4S.C11H11Cl2NO2.C3H8NO5P/c1-28(25,26)20-14(22)10-7-9(3-4-12(10)21(23)24)27-13-5-2-8(6-11(13)16)15(17,18)19;1-5-13-8-6-7-11(2)15(13)17(14(18)9-16)12(3)10-19-4;1-24(21,22)12-6-9(15(16,17)18)4-5-10(12)13(20)11-7-19-23-14(11)8-2-3-8;1-7-6-16-9-5-3-2-4-8(9)14(7)11(15)10(12)13;5-3(6)1-4-2-10(7,8)9/h2-7H,1H3,(H,20,22);6-8,12H,5,9-10H2,1-4H3;4-8H,2-3H2,1H3;2-5,7,10H,6H2,1H3;4H,1-2H2,(H,5,6)(H2,7,8,9). The highest BCUT2D eigenvalue weighted by Gasteiger charge is 2.38. The largest absolute Gasteiger partial charge is 0.489 e. The van der Waals surface area contributed by atoms with E-state index in [1.54, 1.807) is 21.6 Å². The monoisotopic (exact) mass is 1510 g/mol. The fourth-order valence-corrected chi connectivity index (χ4v) is 11.1. The van der Waals surface area contributed by atoms with Gasteiger partial charge in [0.25, 0.3) is 17.5 Å². The number of carbonyl (C=O) groups is 5. The molecule has 5 aromatic carbocycles. The minimum atomic E-state index is -4.71. The van der Waals surface area contributed by atoms with Gasteiger partial charge in [-0.2, -0.15) is 26.3 Å². The zero-order chi connectivity index (χ0) is 73.3. The number of nitrogens with zero attached hydrogens (tertiary/aromatic N) is 4. The van der Waals surface area contributed by atoms with E-state index in [4.69, 9.17) is 80.0 Å². The summed E-state index contributed by atoms with van der Waals surface area (Å²) in [4.78, 5) is 86.7. The molecule has 25 nitrogen and oxygen atoms in total. The Bertz CT molecular complexity index is 4110. The number of para-hydroxylation sites is 3. The van der Waals surface area contributed by atoms with Crippen LogP contribution in [-0.2, 0) is 62.3 Å². The number of rotatable bonds is 20. The molecule has 1 saturated carbocycles. The number of alkyl halides is 9. The van der Waals surface area contributed by atoms with Gasteiger partial charge in [-0.1, -0.05) is 77.2 Å². The second-order valence-corrected chi connectivity index (χ2v) is 28.1. The van der Waals surface area contributed by atoms with Gasteiger partial charge >= 0.3 is 25.9 Å². The molecule has 3 amide bonds. The van der Waals surface area contributed by atoms with Gasteiger partial charge in [-0.15, -0.1) is 11.6 Å². The number of aromatic nitrogens is 1. The minimum absolute atomic E-state index is 0.0223. The predicted octanol–water partition coefficient (Wildman–Crippen LogP) is 11.5. The van der Waals surface area contributed by atoms with Crippen molar-refractivity contribution in [3.63, 3.8) is 0 Å². The summed E-state index contributed by atoms with van der Waals surface area (Å²) < 4.78 is 155. The number of aliphatic carboxylic acids is 1. The second-order valence-electron chi connectivity index (χ2n) is 21.0. The lowest BCUT2D eigenvalue weighted by Crippen LogP contribution is -2.47. The smallest absolute Gasteiger partial charge is 0.416 e. The summed E-state index contributed by atoms with van der Waals surface area (Å²) in [6, 6.07) is 20.5. The van der Waals surface area contributed by atoms with E-state index < -0.39 is 112 Å². The highest BCUT2D eigenvalue weighted by molar-refractivity contribution is 7.90. The van der Waals surface area contributed by atoms with Gasteiger partial charge in [0.05, 0.1) is 86.9 Å². The summed E-state index contributed by atoms with van der Waals surface area (Å²) in [7, 11) is -10.5. The molecule has 2 heterocycles. The van der Waals surface area contributed by atoms with Gasteiger partial charge < -0.3 is 43.4 Å². The van der Waals surface area contributed by atoms with Gasteiger partial charge in [-0.05, 0) is 106 Å². The van der Waals surface area contributed by atoms with Crippen LogP contribution in [0, 0.1) is 17.0 Å². The number of ketones is 1. The number of nitro groups is 1. The van der Waals surface area contributed by atoms with Crippen LogP contribution in [0.1, 0.15) is 93.8 Å². The quantitative estimate of drug-likeness (QED) is 0.0118. The van der Waals surface area contributed by atoms with Crippen molar-refractivity contribution >= 4 is 120 Å². The highest BCUT2D eigenvalue weighted by Crippen LogP contribution is 2.43. The maximum absolute atomic E-state index is 12.8. The Labute approximate surface area is 571 Å². The third-order valence-corrected chi connectivity index (χ3v) is 16.4. The van der Waals surface area contributed by atoms with Crippen molar-refractivity contribution in [1.29, 1.82) is 0 Å². The fourth-order valence-electron chi connectivity index (χ4n) is 8.80. The van der Waals surface area contributed by atoms with Crippen LogP contribution in [0.5, 0.6) is 17.2 Å². The first-order chi connectivity index (χ1) is 44.9. The van der Waals surface area contributed by atoms with Gasteiger partial charge in [0.1, 0.15) is 35.3 Å². The lowest BCUT2D eigenvalue weighted by Gasteiger charge is -2.35. The average Bonchev–Trinajstić information content (AvgIpc) is 1.78. The van der Waals surface area contributed by atoms with Gasteiger partial charge in [0.2, 0.25) is 15.9 Å². The molecule has 0 spiro atoms. The molecular weight excluding hydrogens is 1450 g/mol. The molecular formula is C59H63Cl4F6N6O19PS2. The van der Waals surface area contributed by atoms with Crippen LogP contribution >= 0.6 is 54.0 Å². The summed E-state index contributed by atoms with van der Waals surface area (Å²) in [5.74, 6) is -2.89. The fraction of sp³-hybridized carbons (Fsp3) is 0.356. The third-order valence-electron chi connectivity index (χ3n) is 13.2. The number of halogens is 10. The maximum atomic E-state index is 12.8. The van der Waals surface area contributed by atoms with E-state index in [1.165, 1.54) is 6.20 Å². The zero-order valence-corrected chi connectivity index (χ0v) is 57.5. The molecule has 2 unspecified atom stereocenters. The summed E-state index contributed by atoms with van der Waals surface area (Å²) in [5.41, 5.74) is 0.217. The number of ether oxygens (including phenoxy) is 3. The number of amides is 3. The first-order valence-corrected chi connectivity index (χ1v) is 35.3. The molecule has 38 heteroatoms. The van der Waals surface area contributed by atoms with Crippen molar-refractivity contribution < 1.29 is 110 Å². The van der Waals surface area contributed by atoms with Crippen molar-refractivity contribution in [2.75, 3.05) is 61.3 Å². The number of fused-ring (bicyclic) bond motifs is 1. The predicted molar refractivity (Wildman–Crippen MR) is 345 cm³/mol. The number of anilines is 2. The summed E-state index contributed by atoms with van der Waals surface area (Å²) in [5, 5.41) is 24.3. The second kappa shape index (κ2) is 35.4. The number of nitro benzene ring substituents is 1. The number of methoxy groups -OCH3 is 1. The number of carboxylic acids is 1. The highest BCUT2D eigenvalue weighted by atomic mass is 35.5. The van der Waals surface area contributed by atoms with Crippen LogP contribution < -0.4 is 29.3 Å². The van der Waals surface area contributed by atoms with Gasteiger partial charge in [0, 0.05) is 37.0 Å². The molecule has 1 aliphatic heterocycles. The molecule has 8 rings (SSSR count). The SMILES string of the molecule is CC1COc2ccccc2N1C(=O)C(Cl)Cl.CCc1cccc(C)c1N(C(=O)CCl)C(C)COC.CS(=O)(=O)NC(=O)c1cc(Oc2ccc(C(F)(F)F)cc2Cl)ccc1[N+](=O)[O-].CS(=O)(=O)c1cc(C(F)(F)F)ccc1C(=O)c1cnoc1C1CC1.O=C(O)CNCP(=O)(O)O. The van der Waals surface area contributed by atoms with Gasteiger partial charge in [0.15, 0.2) is 26.2 Å². The van der Waals surface area contributed by atoms with E-state index in [0.29, 0.717) is 55.2 Å². The number of benzene rings is 5. The lowest BCUT2D eigenvalue weighted by molar-refractivity contribution is -0.385. The number of carboxylic acid groups (broad SMARTS) is 1. The van der Waals surface area contributed by atoms with Crippen molar-refractivity contribution in [3.8, 4) is 17.2 Å². The van der Waals surface area contributed by atoms with Crippen molar-refractivity contribution in [1.82, 2.24) is 15.2 Å². The topological polar surface area (TPSA) is 359 Å². The molecule has 530 valence electrons. The van der Waals surface area contributed by atoms with E-state index in [2.05, 4.69) is 23.5 Å². The first-order valence-electron chi connectivity index (χ1n) is 28.0. The van der Waals surface area contributed by atoms with E-state index >= 15 is 0 Å². The molecule has 1 aromatic heterocycles. The first kappa shape index (κ1) is 82.0. The van der Waals surface area contributed by atoms with E-state index in [-0.39, 0.29) is 58.3 Å². The Hall–Kier alpha value is -7.43. The van der Waals surface area contributed by atoms with Gasteiger partial charge in [-0.25, -0.2) is 21.6 Å². The van der Waals surface area contributed by atoms with E-state index in [0.717, 1.165) is 78.4 Å². The number of sulfone groups is 1. The molecule has 0 saturated heterocycles. The number of hydrogen-bond acceptors (Lipinski definition) is 18. The van der Waals surface area contributed by atoms with E-state index in [9.17, 15) is 81.8 Å². The van der Waals surface area contributed by atoms with Crippen molar-refractivity contribution in [3.05, 3.63) is 163 Å². The Balaban J connectivity index is 0.000000267. The number of nitrogens with one attached hydrogen (secondary N) is 2. The molecule has 2 aliphatic rings. The van der Waals surface area contributed by atoms with Crippen molar-refractivity contribution in [2.45, 2.75) is 87.0 Å². The molecule has 1 aliphatic carbocycles. The van der Waals surface area contributed by atoms with Crippen LogP contribution in [0.4, 0.5) is 43.4 Å². The Morgan fingerprint density at radius 3 is 2.04 bits per heavy atom. The van der Waals surface area contributed by atoms with Crippen LogP contribution in [0.25, 0.3) is 0 Å². The van der Waals surface area contributed by atoms with E-state index in [1.807, 2.05) is 57.2 Å².